The van der Waals surface area contributed by atoms with Gasteiger partial charge in [0.2, 0.25) is 0 Å². The summed E-state index contributed by atoms with van der Waals surface area (Å²) < 4.78 is 5.42. The van der Waals surface area contributed by atoms with E-state index in [1.54, 1.807) is 42.2 Å². The van der Waals surface area contributed by atoms with E-state index in [0.29, 0.717) is 11.3 Å². The second-order valence-electron chi connectivity index (χ2n) is 4.63. The highest BCUT2D eigenvalue weighted by Gasteiger charge is 2.17. The molecule has 0 aliphatic rings. The smallest absolute Gasteiger partial charge is 0.339 e. The van der Waals surface area contributed by atoms with Crippen molar-refractivity contribution in [2.24, 2.45) is 0 Å². The highest BCUT2D eigenvalue weighted by molar-refractivity contribution is 7.14. The van der Waals surface area contributed by atoms with Gasteiger partial charge < -0.3 is 4.74 Å². The molecule has 0 spiro atoms. The van der Waals surface area contributed by atoms with Crippen molar-refractivity contribution in [3.05, 3.63) is 51.7 Å². The minimum atomic E-state index is -0.439. The van der Waals surface area contributed by atoms with E-state index in [9.17, 15) is 4.79 Å². The Morgan fingerprint density at radius 2 is 2.14 bits per heavy atom. The molecule has 0 saturated carbocycles. The van der Waals surface area contributed by atoms with E-state index >= 15 is 0 Å². The van der Waals surface area contributed by atoms with Crippen LogP contribution in [0.25, 0.3) is 10.6 Å². The molecule has 0 aliphatic heterocycles. The van der Waals surface area contributed by atoms with Crippen LogP contribution < -0.4 is 0 Å². The lowest BCUT2D eigenvalue weighted by Crippen LogP contribution is -2.09. The molecule has 0 unspecified atom stereocenters. The number of aryl methyl sites for hydroxylation is 1. The van der Waals surface area contributed by atoms with Gasteiger partial charge in [-0.05, 0) is 19.9 Å². The number of hydrogen-bond acceptors (Lipinski definition) is 7. The average molecular weight is 331 g/mol. The third kappa shape index (κ3) is 3.20. The summed E-state index contributed by atoms with van der Waals surface area (Å²) in [6.07, 6.45) is 4.31. The van der Waals surface area contributed by atoms with Crippen LogP contribution >= 0.6 is 22.7 Å². The predicted octanol–water partition coefficient (Wildman–Crippen LogP) is 3.89. The molecular weight excluding hydrogens is 318 g/mol. The van der Waals surface area contributed by atoms with E-state index < -0.39 is 6.10 Å². The first-order valence-corrected chi connectivity index (χ1v) is 8.37. The van der Waals surface area contributed by atoms with Crippen molar-refractivity contribution in [2.45, 2.75) is 20.0 Å². The maximum absolute atomic E-state index is 12.2. The van der Waals surface area contributed by atoms with Crippen LogP contribution in [0.1, 0.15) is 34.1 Å². The molecule has 0 fully saturated rings. The van der Waals surface area contributed by atoms with Gasteiger partial charge in [-0.1, -0.05) is 0 Å². The Morgan fingerprint density at radius 3 is 2.82 bits per heavy atom. The first kappa shape index (κ1) is 14.8. The summed E-state index contributed by atoms with van der Waals surface area (Å²) >= 11 is 3.07. The van der Waals surface area contributed by atoms with Crippen molar-refractivity contribution >= 4 is 28.6 Å². The highest BCUT2D eigenvalue weighted by atomic mass is 32.1. The largest absolute Gasteiger partial charge is 0.452 e. The SMILES string of the molecule is Cc1nc(-c2cc(C(=O)O[C@@H](C)c3cnccn3)cs2)cs1. The minimum Gasteiger partial charge on any atom is -0.452 e. The van der Waals surface area contributed by atoms with Crippen LogP contribution in [0.15, 0.2) is 35.4 Å². The Hall–Kier alpha value is -2.12. The first-order chi connectivity index (χ1) is 10.6. The van der Waals surface area contributed by atoms with Gasteiger partial charge in [-0.25, -0.2) is 9.78 Å². The molecule has 0 radical (unpaired) electrons. The summed E-state index contributed by atoms with van der Waals surface area (Å²) in [5.74, 6) is -0.368. The molecule has 0 aromatic carbocycles. The fourth-order valence-electron chi connectivity index (χ4n) is 1.86. The molecule has 22 heavy (non-hydrogen) atoms. The Bertz CT molecular complexity index is 783. The Balaban J connectivity index is 1.72. The number of thiophene rings is 1. The molecule has 3 rings (SSSR count). The van der Waals surface area contributed by atoms with Crippen LogP contribution in [-0.2, 0) is 4.74 Å². The molecule has 112 valence electrons. The molecule has 0 aliphatic carbocycles. The third-order valence-electron chi connectivity index (χ3n) is 2.99. The fraction of sp³-hybridized carbons (Fsp3) is 0.200. The summed E-state index contributed by atoms with van der Waals surface area (Å²) in [5, 5.41) is 4.78. The van der Waals surface area contributed by atoms with E-state index in [0.717, 1.165) is 15.6 Å². The molecule has 1 atom stereocenters. The maximum atomic E-state index is 12.2. The van der Waals surface area contributed by atoms with Crippen LogP contribution in [0.2, 0.25) is 0 Å². The van der Waals surface area contributed by atoms with Crippen molar-refractivity contribution < 1.29 is 9.53 Å². The van der Waals surface area contributed by atoms with Gasteiger partial charge in [-0.2, -0.15) is 0 Å². The summed E-state index contributed by atoms with van der Waals surface area (Å²) in [7, 11) is 0. The number of nitrogens with zero attached hydrogens (tertiary/aromatic N) is 3. The molecule has 0 bridgehead atoms. The van der Waals surface area contributed by atoms with Gasteiger partial charge in [0.05, 0.1) is 33.0 Å². The van der Waals surface area contributed by atoms with Gasteiger partial charge in [0, 0.05) is 23.2 Å². The van der Waals surface area contributed by atoms with E-state index in [2.05, 4.69) is 15.0 Å². The van der Waals surface area contributed by atoms with Crippen molar-refractivity contribution in [1.82, 2.24) is 15.0 Å². The van der Waals surface area contributed by atoms with Gasteiger partial charge >= 0.3 is 5.97 Å². The Morgan fingerprint density at radius 1 is 1.27 bits per heavy atom. The second kappa shape index (κ2) is 6.33. The van der Waals surface area contributed by atoms with Crippen LogP contribution in [-0.4, -0.2) is 20.9 Å². The van der Waals surface area contributed by atoms with Gasteiger partial charge in [0.15, 0.2) is 0 Å². The lowest BCUT2D eigenvalue weighted by Gasteiger charge is -2.11. The monoisotopic (exact) mass is 331 g/mol. The summed E-state index contributed by atoms with van der Waals surface area (Å²) in [4.78, 5) is 25.7. The molecule has 0 saturated heterocycles. The molecule has 3 heterocycles. The fourth-order valence-corrected chi connectivity index (χ4v) is 3.39. The summed E-state index contributed by atoms with van der Waals surface area (Å²) in [6.45, 7) is 3.73. The van der Waals surface area contributed by atoms with Gasteiger partial charge in [0.1, 0.15) is 6.10 Å². The summed E-state index contributed by atoms with van der Waals surface area (Å²) in [5.41, 5.74) is 2.05. The summed E-state index contributed by atoms with van der Waals surface area (Å²) in [6, 6.07) is 1.81. The first-order valence-electron chi connectivity index (χ1n) is 6.61. The van der Waals surface area contributed by atoms with Crippen molar-refractivity contribution in [3.63, 3.8) is 0 Å². The lowest BCUT2D eigenvalue weighted by molar-refractivity contribution is 0.0329. The zero-order chi connectivity index (χ0) is 15.5. The lowest BCUT2D eigenvalue weighted by atomic mass is 10.2. The molecule has 5 nitrogen and oxygen atoms in total. The number of thiazole rings is 1. The number of aromatic nitrogens is 3. The number of carbonyl (C=O) groups is 1. The van der Waals surface area contributed by atoms with Crippen LogP contribution in [0.3, 0.4) is 0 Å². The standard InChI is InChI=1S/C15H13N3O2S2/c1-9(12-6-16-3-4-17-12)20-15(19)11-5-14(22-7-11)13-8-21-10(2)18-13/h3-9H,1-2H3/t9-/m0/s1. The molecule has 3 aromatic rings. The average Bonchev–Trinajstić information content (AvgIpc) is 3.16. The maximum Gasteiger partial charge on any atom is 0.339 e. The van der Waals surface area contributed by atoms with Crippen molar-refractivity contribution in [1.29, 1.82) is 0 Å². The number of ether oxygens (including phenoxy) is 1. The van der Waals surface area contributed by atoms with Crippen molar-refractivity contribution in [2.75, 3.05) is 0 Å². The topological polar surface area (TPSA) is 65.0 Å². The zero-order valence-corrected chi connectivity index (χ0v) is 13.6. The van der Waals surface area contributed by atoms with Gasteiger partial charge in [-0.3, -0.25) is 9.97 Å². The number of carbonyl (C=O) groups excluding carboxylic acids is 1. The minimum absolute atomic E-state index is 0.368. The van der Waals surface area contributed by atoms with Crippen LogP contribution in [0.5, 0.6) is 0 Å². The van der Waals surface area contributed by atoms with Crippen LogP contribution in [0, 0.1) is 6.92 Å². The normalized spacial score (nSPS) is 12.1. The van der Waals surface area contributed by atoms with E-state index in [-0.39, 0.29) is 5.97 Å². The predicted molar refractivity (Wildman–Crippen MR) is 86.0 cm³/mol. The van der Waals surface area contributed by atoms with E-state index in [1.165, 1.54) is 11.3 Å². The number of hydrogen-bond donors (Lipinski definition) is 0. The molecule has 7 heteroatoms. The highest BCUT2D eigenvalue weighted by Crippen LogP contribution is 2.29. The third-order valence-corrected chi connectivity index (χ3v) is 4.72. The number of esters is 1. The molecule has 3 aromatic heterocycles. The Kier molecular flexibility index (Phi) is 4.26. The van der Waals surface area contributed by atoms with Crippen LogP contribution in [0.4, 0.5) is 0 Å². The Labute approximate surface area is 135 Å². The molecule has 0 amide bonds. The molecular formula is C15H13N3O2S2. The molecule has 0 N–H and O–H groups in total. The second-order valence-corrected chi connectivity index (χ2v) is 6.60. The van der Waals surface area contributed by atoms with Gasteiger partial charge in [0.25, 0.3) is 0 Å². The van der Waals surface area contributed by atoms with Gasteiger partial charge in [-0.15, -0.1) is 22.7 Å². The number of rotatable bonds is 4. The quantitative estimate of drug-likeness (QED) is 0.679. The van der Waals surface area contributed by atoms with Crippen molar-refractivity contribution in [3.8, 4) is 10.6 Å². The van der Waals surface area contributed by atoms with E-state index in [4.69, 9.17) is 4.74 Å². The van der Waals surface area contributed by atoms with E-state index in [1.807, 2.05) is 18.4 Å². The zero-order valence-electron chi connectivity index (χ0n) is 12.0.